The molecule has 0 amide bonds. The Morgan fingerprint density at radius 3 is 1.42 bits per heavy atom. The first-order valence-electron chi connectivity index (χ1n) is 9.12. The second-order valence-corrected chi connectivity index (χ2v) is 7.73. The number of hydrogen-bond acceptors (Lipinski definition) is 0. The zero-order valence-corrected chi connectivity index (χ0v) is 13.6. The van der Waals surface area contributed by atoms with Crippen LogP contribution in [0.4, 0.5) is 0 Å². The third-order valence-electron chi connectivity index (χ3n) is 7.00. The summed E-state index contributed by atoms with van der Waals surface area (Å²) in [5, 5.41) is 0. The molecule has 2 saturated carbocycles. The van der Waals surface area contributed by atoms with Gasteiger partial charge in [0.15, 0.2) is 0 Å². The normalized spacial score (nSPS) is 30.7. The van der Waals surface area contributed by atoms with E-state index in [9.17, 15) is 0 Å². The predicted octanol–water partition coefficient (Wildman–Crippen LogP) is 5.50. The van der Waals surface area contributed by atoms with Crippen LogP contribution in [-0.4, -0.2) is 0 Å². The maximum Gasteiger partial charge on any atom is 0.0277 e. The van der Waals surface area contributed by atoms with E-state index in [2.05, 4.69) is 84.9 Å². The molecule has 0 heterocycles. The summed E-state index contributed by atoms with van der Waals surface area (Å²) in [6.07, 6.45) is 1.37. The molecule has 6 rings (SSSR count). The van der Waals surface area contributed by atoms with Gasteiger partial charge >= 0.3 is 0 Å². The zero-order valence-electron chi connectivity index (χ0n) is 13.6. The summed E-state index contributed by atoms with van der Waals surface area (Å²) in [5.41, 5.74) is 6.55. The lowest BCUT2D eigenvalue weighted by atomic mass is 9.78. The Morgan fingerprint density at radius 1 is 0.542 bits per heavy atom. The van der Waals surface area contributed by atoms with E-state index in [1.54, 1.807) is 11.1 Å². The summed E-state index contributed by atoms with van der Waals surface area (Å²) in [7, 11) is 0. The summed E-state index contributed by atoms with van der Waals surface area (Å²) < 4.78 is 0. The average Bonchev–Trinajstić information content (AvgIpc) is 3.02. The van der Waals surface area contributed by atoms with E-state index >= 15 is 0 Å². The number of benzene rings is 3. The summed E-state index contributed by atoms with van der Waals surface area (Å²) in [6, 6.07) is 31.8. The molecule has 0 saturated heterocycles. The van der Waals surface area contributed by atoms with E-state index in [1.165, 1.54) is 17.5 Å². The predicted molar refractivity (Wildman–Crippen MR) is 97.2 cm³/mol. The van der Waals surface area contributed by atoms with Crippen molar-refractivity contribution in [2.24, 2.45) is 11.8 Å². The highest BCUT2D eigenvalue weighted by molar-refractivity contribution is 5.60. The fourth-order valence-electron chi connectivity index (χ4n) is 6.34. The molecule has 0 aliphatic heterocycles. The lowest BCUT2D eigenvalue weighted by Crippen LogP contribution is -2.19. The van der Waals surface area contributed by atoms with Gasteiger partial charge in [-0.25, -0.2) is 0 Å². The maximum absolute atomic E-state index is 2.38. The number of fused-ring (bicyclic) bond motifs is 8. The number of hydrogen-bond donors (Lipinski definition) is 0. The van der Waals surface area contributed by atoms with Crippen LogP contribution in [0.15, 0.2) is 84.9 Å². The molecule has 3 aromatic rings. The van der Waals surface area contributed by atoms with Crippen LogP contribution in [0.3, 0.4) is 0 Å². The van der Waals surface area contributed by atoms with Gasteiger partial charge in [-0.05, 0) is 52.3 Å². The first kappa shape index (κ1) is 13.0. The fourth-order valence-corrected chi connectivity index (χ4v) is 6.34. The van der Waals surface area contributed by atoms with Crippen molar-refractivity contribution in [3.8, 4) is 0 Å². The molecular formula is C24H20. The van der Waals surface area contributed by atoms with Gasteiger partial charge in [-0.15, -0.1) is 0 Å². The molecule has 0 aromatic heterocycles. The Morgan fingerprint density at radius 2 is 0.958 bits per heavy atom. The minimum absolute atomic E-state index is 0.231. The van der Waals surface area contributed by atoms with Crippen molar-refractivity contribution in [1.29, 1.82) is 0 Å². The third kappa shape index (κ3) is 1.37. The molecule has 0 radical (unpaired) electrons. The minimum Gasteiger partial charge on any atom is -0.0622 e. The van der Waals surface area contributed by atoms with Crippen molar-refractivity contribution in [2.75, 3.05) is 0 Å². The van der Waals surface area contributed by atoms with E-state index in [1.807, 2.05) is 0 Å². The lowest BCUT2D eigenvalue weighted by molar-refractivity contribution is 0.523. The second-order valence-electron chi connectivity index (χ2n) is 7.73. The van der Waals surface area contributed by atoms with Crippen LogP contribution >= 0.6 is 0 Å². The van der Waals surface area contributed by atoms with Crippen LogP contribution in [0.25, 0.3) is 0 Å². The van der Waals surface area contributed by atoms with Gasteiger partial charge in [0.2, 0.25) is 0 Å². The third-order valence-corrected chi connectivity index (χ3v) is 7.00. The van der Waals surface area contributed by atoms with Gasteiger partial charge < -0.3 is 0 Å². The lowest BCUT2D eigenvalue weighted by Gasteiger charge is -2.25. The van der Waals surface area contributed by atoms with Crippen LogP contribution in [0.2, 0.25) is 0 Å². The molecule has 0 nitrogen and oxygen atoms in total. The van der Waals surface area contributed by atoms with Gasteiger partial charge in [-0.3, -0.25) is 0 Å². The van der Waals surface area contributed by atoms with E-state index in [0.29, 0.717) is 0 Å². The van der Waals surface area contributed by atoms with Gasteiger partial charge in [0, 0.05) is 5.41 Å². The molecule has 2 fully saturated rings. The van der Waals surface area contributed by atoms with Crippen LogP contribution in [0.5, 0.6) is 0 Å². The van der Waals surface area contributed by atoms with Crippen LogP contribution in [0, 0.1) is 11.8 Å². The topological polar surface area (TPSA) is 0 Å². The van der Waals surface area contributed by atoms with Gasteiger partial charge in [0.25, 0.3) is 0 Å². The average molecular weight is 308 g/mol. The maximum atomic E-state index is 2.38. The molecule has 3 aromatic carbocycles. The summed E-state index contributed by atoms with van der Waals surface area (Å²) in [6.45, 7) is 0. The van der Waals surface area contributed by atoms with Gasteiger partial charge in [0.05, 0.1) is 0 Å². The smallest absolute Gasteiger partial charge is 0.0277 e. The highest BCUT2D eigenvalue weighted by Crippen LogP contribution is 2.81. The van der Waals surface area contributed by atoms with Crippen molar-refractivity contribution in [3.63, 3.8) is 0 Å². The molecular weight excluding hydrogens is 288 g/mol. The Kier molecular flexibility index (Phi) is 2.38. The van der Waals surface area contributed by atoms with Crippen molar-refractivity contribution in [2.45, 2.75) is 23.7 Å². The standard InChI is InChI=1S/C24H20/c1-3-9-16(10-4-1)24(17-11-5-2-6-12-17)22-20-15-21(23(22)24)19-14-8-7-13-18(19)20/h1-14,20-23H,15H2/t20-,21+,22-,23+. The first-order valence-corrected chi connectivity index (χ1v) is 9.12. The highest BCUT2D eigenvalue weighted by Gasteiger charge is 2.76. The Labute approximate surface area is 143 Å². The van der Waals surface area contributed by atoms with E-state index < -0.39 is 0 Å². The minimum atomic E-state index is 0.231. The van der Waals surface area contributed by atoms with Crippen molar-refractivity contribution < 1.29 is 0 Å². The monoisotopic (exact) mass is 308 g/mol. The van der Waals surface area contributed by atoms with Crippen LogP contribution in [-0.2, 0) is 5.41 Å². The molecule has 0 N–H and O–H groups in total. The number of rotatable bonds is 2. The zero-order chi connectivity index (χ0) is 15.7. The Balaban J connectivity index is 1.57. The molecule has 3 aliphatic rings. The van der Waals surface area contributed by atoms with Crippen LogP contribution < -0.4 is 0 Å². The summed E-state index contributed by atoms with van der Waals surface area (Å²) in [4.78, 5) is 0. The second kappa shape index (κ2) is 4.39. The highest BCUT2D eigenvalue weighted by atomic mass is 14.8. The van der Waals surface area contributed by atoms with E-state index in [0.717, 1.165) is 23.7 Å². The summed E-state index contributed by atoms with van der Waals surface area (Å²) >= 11 is 0. The molecule has 24 heavy (non-hydrogen) atoms. The van der Waals surface area contributed by atoms with Crippen molar-refractivity contribution >= 4 is 0 Å². The summed E-state index contributed by atoms with van der Waals surface area (Å²) in [5.74, 6) is 3.05. The van der Waals surface area contributed by atoms with Crippen LogP contribution in [0.1, 0.15) is 40.5 Å². The Hall–Kier alpha value is -2.34. The molecule has 4 atom stereocenters. The molecule has 0 heteroatoms. The van der Waals surface area contributed by atoms with Gasteiger partial charge in [-0.1, -0.05) is 84.9 Å². The molecule has 3 aliphatic carbocycles. The van der Waals surface area contributed by atoms with E-state index in [4.69, 9.17) is 0 Å². The molecule has 0 unspecified atom stereocenters. The van der Waals surface area contributed by atoms with E-state index in [-0.39, 0.29) is 5.41 Å². The van der Waals surface area contributed by atoms with Gasteiger partial charge in [-0.2, -0.15) is 0 Å². The largest absolute Gasteiger partial charge is 0.0622 e. The Bertz CT molecular complexity index is 833. The van der Waals surface area contributed by atoms with Gasteiger partial charge in [0.1, 0.15) is 0 Å². The molecule has 116 valence electrons. The van der Waals surface area contributed by atoms with Crippen molar-refractivity contribution in [1.82, 2.24) is 0 Å². The van der Waals surface area contributed by atoms with Crippen molar-refractivity contribution in [3.05, 3.63) is 107 Å². The molecule has 0 spiro atoms. The fraction of sp³-hybridized carbons (Fsp3) is 0.250. The molecule has 2 bridgehead atoms. The first-order chi connectivity index (χ1) is 11.9. The SMILES string of the molecule is c1ccc(C2(c3ccccc3)[C@@H]3[C@H]2[C@@H]2C[C@H]3c3ccccc32)cc1. The quantitative estimate of drug-likeness (QED) is 0.586.